The van der Waals surface area contributed by atoms with Gasteiger partial charge in [-0.25, -0.2) is 0 Å². The van der Waals surface area contributed by atoms with Crippen molar-refractivity contribution in [2.45, 2.75) is 19.9 Å². The van der Waals surface area contributed by atoms with Crippen molar-refractivity contribution in [1.82, 2.24) is 4.90 Å². The minimum Gasteiger partial charge on any atom is -0.383 e. The van der Waals surface area contributed by atoms with Crippen molar-refractivity contribution in [2.75, 3.05) is 27.8 Å². The molecule has 0 aromatic carbocycles. The average molecular weight is 145 g/mol. The van der Waals surface area contributed by atoms with Gasteiger partial charge < -0.3 is 9.64 Å². The molecule has 0 radical (unpaired) electrons. The molecule has 10 heavy (non-hydrogen) atoms. The molecular formula is C8H19NO. The minimum atomic E-state index is 0.546. The maximum atomic E-state index is 5.08. The summed E-state index contributed by atoms with van der Waals surface area (Å²) >= 11 is 0. The number of methoxy groups -OCH3 is 1. The van der Waals surface area contributed by atoms with E-state index in [1.807, 2.05) is 0 Å². The molecule has 0 saturated carbocycles. The molecule has 2 heteroatoms. The van der Waals surface area contributed by atoms with Crippen LogP contribution in [0.25, 0.3) is 0 Å². The Kier molecular flexibility index (Phi) is 4.65. The summed E-state index contributed by atoms with van der Waals surface area (Å²) in [6, 6.07) is 0.546. The molecular weight excluding hydrogens is 126 g/mol. The third-order valence-corrected chi connectivity index (χ3v) is 1.77. The van der Waals surface area contributed by atoms with E-state index < -0.39 is 0 Å². The van der Waals surface area contributed by atoms with Crippen LogP contribution in [0.15, 0.2) is 0 Å². The average Bonchev–Trinajstić information content (AvgIpc) is 1.81. The predicted octanol–water partition coefficient (Wildman–Crippen LogP) is 1.22. The van der Waals surface area contributed by atoms with Crippen LogP contribution in [-0.4, -0.2) is 38.8 Å². The summed E-state index contributed by atoms with van der Waals surface area (Å²) in [5.41, 5.74) is 0. The maximum Gasteiger partial charge on any atom is 0.0620 e. The molecule has 0 aliphatic rings. The van der Waals surface area contributed by atoms with Gasteiger partial charge in [-0.2, -0.15) is 0 Å². The lowest BCUT2D eigenvalue weighted by Gasteiger charge is -2.26. The highest BCUT2D eigenvalue weighted by Gasteiger charge is 2.14. The highest BCUT2D eigenvalue weighted by Crippen LogP contribution is 2.06. The number of ether oxygens (including phenoxy) is 1. The molecule has 0 amide bonds. The highest BCUT2D eigenvalue weighted by atomic mass is 16.5. The van der Waals surface area contributed by atoms with Crippen LogP contribution in [0.1, 0.15) is 13.8 Å². The first-order valence-electron chi connectivity index (χ1n) is 3.75. The topological polar surface area (TPSA) is 12.5 Å². The van der Waals surface area contributed by atoms with Crippen LogP contribution in [0.2, 0.25) is 0 Å². The lowest BCUT2D eigenvalue weighted by Crippen LogP contribution is -2.36. The van der Waals surface area contributed by atoms with Gasteiger partial charge >= 0.3 is 0 Å². The zero-order valence-corrected chi connectivity index (χ0v) is 7.72. The summed E-state index contributed by atoms with van der Waals surface area (Å²) in [5.74, 6) is 0.662. The number of hydrogen-bond acceptors (Lipinski definition) is 2. The van der Waals surface area contributed by atoms with Crippen molar-refractivity contribution in [3.63, 3.8) is 0 Å². The fourth-order valence-corrected chi connectivity index (χ4v) is 1.11. The second-order valence-electron chi connectivity index (χ2n) is 3.23. The Balaban J connectivity index is 3.73. The van der Waals surface area contributed by atoms with Gasteiger partial charge in [0.25, 0.3) is 0 Å². The van der Waals surface area contributed by atoms with Gasteiger partial charge in [-0.3, -0.25) is 0 Å². The highest BCUT2D eigenvalue weighted by molar-refractivity contribution is 4.68. The molecule has 0 fully saturated rings. The van der Waals surface area contributed by atoms with E-state index in [1.165, 1.54) is 0 Å². The predicted molar refractivity (Wildman–Crippen MR) is 44.2 cm³/mol. The van der Waals surface area contributed by atoms with Crippen molar-refractivity contribution in [3.8, 4) is 0 Å². The Morgan fingerprint density at radius 1 is 1.30 bits per heavy atom. The van der Waals surface area contributed by atoms with Gasteiger partial charge in [-0.1, -0.05) is 13.8 Å². The van der Waals surface area contributed by atoms with Crippen LogP contribution in [0.4, 0.5) is 0 Å². The van der Waals surface area contributed by atoms with Crippen LogP contribution in [-0.2, 0) is 4.74 Å². The number of likely N-dealkylation sites (N-methyl/N-ethyl adjacent to an activating group) is 1. The first-order valence-corrected chi connectivity index (χ1v) is 3.75. The van der Waals surface area contributed by atoms with Crippen molar-refractivity contribution >= 4 is 0 Å². The van der Waals surface area contributed by atoms with Gasteiger partial charge in [0, 0.05) is 13.2 Å². The zero-order valence-electron chi connectivity index (χ0n) is 7.72. The summed E-state index contributed by atoms with van der Waals surface area (Å²) in [5, 5.41) is 0. The van der Waals surface area contributed by atoms with Crippen LogP contribution in [0.5, 0.6) is 0 Å². The Labute approximate surface area is 64.2 Å². The normalized spacial score (nSPS) is 14.7. The van der Waals surface area contributed by atoms with Crippen LogP contribution >= 0.6 is 0 Å². The Morgan fingerprint density at radius 3 is 1.90 bits per heavy atom. The fraction of sp³-hybridized carbons (Fsp3) is 1.00. The molecule has 62 valence electrons. The van der Waals surface area contributed by atoms with E-state index in [9.17, 15) is 0 Å². The first-order chi connectivity index (χ1) is 4.59. The van der Waals surface area contributed by atoms with E-state index in [2.05, 4.69) is 32.8 Å². The third-order valence-electron chi connectivity index (χ3n) is 1.77. The van der Waals surface area contributed by atoms with E-state index in [0.29, 0.717) is 12.0 Å². The molecule has 0 bridgehead atoms. The van der Waals surface area contributed by atoms with Gasteiger partial charge in [0.1, 0.15) is 0 Å². The van der Waals surface area contributed by atoms with Crippen molar-refractivity contribution < 1.29 is 4.74 Å². The molecule has 2 nitrogen and oxygen atoms in total. The van der Waals surface area contributed by atoms with E-state index in [1.54, 1.807) is 7.11 Å². The smallest absolute Gasteiger partial charge is 0.0620 e. The fourth-order valence-electron chi connectivity index (χ4n) is 1.11. The Hall–Kier alpha value is -0.0800. The molecule has 0 aliphatic heterocycles. The van der Waals surface area contributed by atoms with Gasteiger partial charge in [0.05, 0.1) is 6.61 Å². The van der Waals surface area contributed by atoms with Crippen molar-refractivity contribution in [3.05, 3.63) is 0 Å². The largest absolute Gasteiger partial charge is 0.383 e. The maximum absolute atomic E-state index is 5.08. The second kappa shape index (κ2) is 4.69. The SMILES string of the molecule is COC[C@@H](C(C)C)N(C)C. The monoisotopic (exact) mass is 145 g/mol. The number of rotatable bonds is 4. The molecule has 0 heterocycles. The van der Waals surface area contributed by atoms with E-state index in [0.717, 1.165) is 6.61 Å². The summed E-state index contributed by atoms with van der Waals surface area (Å²) < 4.78 is 5.08. The zero-order chi connectivity index (χ0) is 8.15. The van der Waals surface area contributed by atoms with Gasteiger partial charge in [0.2, 0.25) is 0 Å². The van der Waals surface area contributed by atoms with Crippen LogP contribution in [0.3, 0.4) is 0 Å². The Morgan fingerprint density at radius 2 is 1.80 bits per heavy atom. The lowest BCUT2D eigenvalue weighted by atomic mass is 10.0. The standard InChI is InChI=1S/C8H19NO/c1-7(2)8(6-10-5)9(3)4/h7-8H,6H2,1-5H3/t8-/m0/s1. The quantitative estimate of drug-likeness (QED) is 0.589. The molecule has 0 rings (SSSR count). The summed E-state index contributed by atoms with van der Waals surface area (Å²) in [7, 11) is 5.92. The molecule has 0 aromatic heterocycles. The molecule has 0 spiro atoms. The van der Waals surface area contributed by atoms with E-state index in [-0.39, 0.29) is 0 Å². The number of nitrogens with zero attached hydrogens (tertiary/aromatic N) is 1. The lowest BCUT2D eigenvalue weighted by molar-refractivity contribution is 0.0947. The Bertz CT molecular complexity index is 73.3. The summed E-state index contributed by atoms with van der Waals surface area (Å²) in [4.78, 5) is 2.20. The van der Waals surface area contributed by atoms with E-state index >= 15 is 0 Å². The van der Waals surface area contributed by atoms with Crippen molar-refractivity contribution in [1.29, 1.82) is 0 Å². The van der Waals surface area contributed by atoms with Crippen LogP contribution < -0.4 is 0 Å². The van der Waals surface area contributed by atoms with Crippen molar-refractivity contribution in [2.24, 2.45) is 5.92 Å². The second-order valence-corrected chi connectivity index (χ2v) is 3.23. The van der Waals surface area contributed by atoms with Gasteiger partial charge in [-0.05, 0) is 20.0 Å². The third kappa shape index (κ3) is 3.18. The molecule has 0 unspecified atom stereocenters. The first kappa shape index (κ1) is 9.92. The molecule has 0 aliphatic carbocycles. The molecule has 0 saturated heterocycles. The summed E-state index contributed by atoms with van der Waals surface area (Å²) in [6.45, 7) is 5.25. The van der Waals surface area contributed by atoms with E-state index in [4.69, 9.17) is 4.74 Å². The number of hydrogen-bond donors (Lipinski definition) is 0. The van der Waals surface area contributed by atoms with Crippen LogP contribution in [0, 0.1) is 5.92 Å². The van der Waals surface area contributed by atoms with Gasteiger partial charge in [0.15, 0.2) is 0 Å². The molecule has 1 atom stereocenters. The van der Waals surface area contributed by atoms with Gasteiger partial charge in [-0.15, -0.1) is 0 Å². The summed E-state index contributed by atoms with van der Waals surface area (Å²) in [6.07, 6.45) is 0. The molecule has 0 N–H and O–H groups in total. The minimum absolute atomic E-state index is 0.546. The molecule has 0 aromatic rings.